The molecule has 2 aromatic heterocycles. The second-order valence-electron chi connectivity index (χ2n) is 5.96. The molecule has 25 heavy (non-hydrogen) atoms. The lowest BCUT2D eigenvalue weighted by atomic mass is 9.96. The predicted octanol–water partition coefficient (Wildman–Crippen LogP) is 4.64. The van der Waals surface area contributed by atoms with Gasteiger partial charge < -0.3 is 4.98 Å². The highest BCUT2D eigenvalue weighted by Crippen LogP contribution is 2.39. The number of aromatic amines is 1. The van der Waals surface area contributed by atoms with E-state index < -0.39 is 4.92 Å². The molecular formula is C18H14N4O2S. The summed E-state index contributed by atoms with van der Waals surface area (Å²) in [5.41, 5.74) is 3.19. The molecule has 1 aliphatic carbocycles. The Labute approximate surface area is 147 Å². The molecule has 124 valence electrons. The van der Waals surface area contributed by atoms with Gasteiger partial charge in [-0.2, -0.15) is 5.26 Å². The van der Waals surface area contributed by atoms with Crippen molar-refractivity contribution in [1.29, 1.82) is 5.26 Å². The van der Waals surface area contributed by atoms with Gasteiger partial charge >= 0.3 is 0 Å². The molecule has 0 amide bonds. The summed E-state index contributed by atoms with van der Waals surface area (Å²) in [7, 11) is 0. The number of non-ortho nitro benzene ring substituents is 1. The van der Waals surface area contributed by atoms with Crippen molar-refractivity contribution in [1.82, 2.24) is 4.98 Å². The fraction of sp³-hybridized carbons (Fsp3) is 0.222. The Kier molecular flexibility index (Phi) is 3.82. The second kappa shape index (κ2) is 6.15. The van der Waals surface area contributed by atoms with E-state index in [9.17, 15) is 15.4 Å². The summed E-state index contributed by atoms with van der Waals surface area (Å²) in [6.07, 6.45) is 7.52. The molecule has 0 radical (unpaired) electrons. The number of hydrogen-bond acceptors (Lipinski definition) is 5. The summed E-state index contributed by atoms with van der Waals surface area (Å²) in [4.78, 5) is 19.7. The SMILES string of the molecule is N#Cc1c(/N=C/c2c[nH]c3cccc([N+](=O)[O-])c23)sc2c1CCCC2. The van der Waals surface area contributed by atoms with Crippen LogP contribution in [0.5, 0.6) is 0 Å². The average molecular weight is 350 g/mol. The van der Waals surface area contributed by atoms with Crippen LogP contribution in [0, 0.1) is 21.4 Å². The van der Waals surface area contributed by atoms with Gasteiger partial charge in [-0.15, -0.1) is 11.3 Å². The minimum Gasteiger partial charge on any atom is -0.360 e. The van der Waals surface area contributed by atoms with Crippen LogP contribution in [0.2, 0.25) is 0 Å². The number of aromatic nitrogens is 1. The molecule has 4 rings (SSSR count). The van der Waals surface area contributed by atoms with Crippen LogP contribution >= 0.6 is 11.3 Å². The van der Waals surface area contributed by atoms with Crippen molar-refractivity contribution in [3.8, 4) is 6.07 Å². The van der Waals surface area contributed by atoms with Gasteiger partial charge in [0.25, 0.3) is 5.69 Å². The number of fused-ring (bicyclic) bond motifs is 2. The number of rotatable bonds is 3. The van der Waals surface area contributed by atoms with Crippen LogP contribution in [0.15, 0.2) is 29.4 Å². The predicted molar refractivity (Wildman–Crippen MR) is 97.9 cm³/mol. The topological polar surface area (TPSA) is 95.1 Å². The van der Waals surface area contributed by atoms with E-state index in [2.05, 4.69) is 16.0 Å². The first-order chi connectivity index (χ1) is 12.2. The van der Waals surface area contributed by atoms with Crippen molar-refractivity contribution < 1.29 is 4.92 Å². The number of nitrogens with zero attached hydrogens (tertiary/aromatic N) is 3. The van der Waals surface area contributed by atoms with Crippen LogP contribution in [-0.4, -0.2) is 16.1 Å². The van der Waals surface area contributed by atoms with E-state index in [1.807, 2.05) is 0 Å². The van der Waals surface area contributed by atoms with Crippen molar-refractivity contribution in [2.75, 3.05) is 0 Å². The Morgan fingerprint density at radius 1 is 1.36 bits per heavy atom. The third-order valence-corrected chi connectivity index (χ3v) is 5.70. The maximum absolute atomic E-state index is 11.3. The number of thiophene rings is 1. The van der Waals surface area contributed by atoms with Crippen molar-refractivity contribution in [3.63, 3.8) is 0 Å². The van der Waals surface area contributed by atoms with Crippen molar-refractivity contribution in [2.24, 2.45) is 4.99 Å². The summed E-state index contributed by atoms with van der Waals surface area (Å²) >= 11 is 1.56. The minimum absolute atomic E-state index is 0.0474. The van der Waals surface area contributed by atoms with Crippen LogP contribution < -0.4 is 0 Å². The van der Waals surface area contributed by atoms with E-state index in [0.717, 1.165) is 31.2 Å². The largest absolute Gasteiger partial charge is 0.360 e. The first-order valence-corrected chi connectivity index (χ1v) is 8.84. The van der Waals surface area contributed by atoms with Gasteiger partial charge in [-0.05, 0) is 37.3 Å². The zero-order valence-corrected chi connectivity index (χ0v) is 14.1. The lowest BCUT2D eigenvalue weighted by Crippen LogP contribution is -1.99. The van der Waals surface area contributed by atoms with Gasteiger partial charge in [-0.1, -0.05) is 6.07 Å². The van der Waals surface area contributed by atoms with Crippen molar-refractivity contribution >= 4 is 39.1 Å². The monoisotopic (exact) mass is 350 g/mol. The second-order valence-corrected chi connectivity index (χ2v) is 7.05. The zero-order valence-electron chi connectivity index (χ0n) is 13.3. The Balaban J connectivity index is 1.79. The van der Waals surface area contributed by atoms with Gasteiger partial charge in [0.1, 0.15) is 11.1 Å². The van der Waals surface area contributed by atoms with Gasteiger partial charge in [0.15, 0.2) is 0 Å². The van der Waals surface area contributed by atoms with Gasteiger partial charge in [-0.25, -0.2) is 4.99 Å². The van der Waals surface area contributed by atoms with Crippen molar-refractivity contribution in [3.05, 3.63) is 56.1 Å². The molecule has 1 N–H and O–H groups in total. The fourth-order valence-corrected chi connectivity index (χ4v) is 4.51. The quantitative estimate of drug-likeness (QED) is 0.423. The third-order valence-electron chi connectivity index (χ3n) is 4.50. The smallest absolute Gasteiger partial charge is 0.279 e. The van der Waals surface area contributed by atoms with Crippen LogP contribution in [0.25, 0.3) is 10.9 Å². The summed E-state index contributed by atoms with van der Waals surface area (Å²) in [5, 5.41) is 22.0. The van der Waals surface area contributed by atoms with Crippen LogP contribution in [-0.2, 0) is 12.8 Å². The Bertz CT molecular complexity index is 1060. The van der Waals surface area contributed by atoms with Gasteiger partial charge in [-0.3, -0.25) is 10.1 Å². The molecule has 1 aliphatic rings. The van der Waals surface area contributed by atoms with Gasteiger partial charge in [0.2, 0.25) is 0 Å². The Hall–Kier alpha value is -2.98. The highest BCUT2D eigenvalue weighted by molar-refractivity contribution is 7.16. The number of aryl methyl sites for hydroxylation is 1. The van der Waals surface area contributed by atoms with Gasteiger partial charge in [0, 0.05) is 28.9 Å². The molecule has 0 saturated carbocycles. The van der Waals surface area contributed by atoms with E-state index in [1.165, 1.54) is 10.9 Å². The molecule has 0 atom stereocenters. The molecule has 0 spiro atoms. The standard InChI is InChI=1S/C18H14N4O2S/c19-8-13-12-4-1-2-7-16(12)25-18(13)21-10-11-9-20-14-5-3-6-15(17(11)14)22(23)24/h3,5-6,9-10,20H,1-2,4,7H2/b21-10+. The van der Waals surface area contributed by atoms with Gasteiger partial charge in [0.05, 0.1) is 21.4 Å². The maximum Gasteiger partial charge on any atom is 0.279 e. The molecule has 0 aliphatic heterocycles. The number of nitriles is 1. The summed E-state index contributed by atoms with van der Waals surface area (Å²) < 4.78 is 0. The molecule has 0 saturated heterocycles. The molecule has 0 fully saturated rings. The van der Waals surface area contributed by atoms with E-state index in [-0.39, 0.29) is 5.69 Å². The van der Waals surface area contributed by atoms with E-state index >= 15 is 0 Å². The molecule has 0 bridgehead atoms. The normalized spacial score (nSPS) is 13.9. The number of benzene rings is 1. The number of nitro groups is 1. The van der Waals surface area contributed by atoms with E-state index in [0.29, 0.717) is 27.0 Å². The van der Waals surface area contributed by atoms with Crippen LogP contribution in [0.4, 0.5) is 10.7 Å². The Morgan fingerprint density at radius 2 is 2.20 bits per heavy atom. The molecule has 1 aromatic carbocycles. The molecule has 3 aromatic rings. The highest BCUT2D eigenvalue weighted by Gasteiger charge is 2.20. The number of aliphatic imine (C=N–C) groups is 1. The van der Waals surface area contributed by atoms with E-state index in [4.69, 9.17) is 0 Å². The lowest BCUT2D eigenvalue weighted by Gasteiger charge is -2.09. The highest BCUT2D eigenvalue weighted by atomic mass is 32.1. The molecule has 2 heterocycles. The summed E-state index contributed by atoms with van der Waals surface area (Å²) in [6.45, 7) is 0. The number of H-pyrrole nitrogens is 1. The summed E-state index contributed by atoms with van der Waals surface area (Å²) in [6, 6.07) is 7.21. The molecule has 0 unspecified atom stereocenters. The lowest BCUT2D eigenvalue weighted by molar-refractivity contribution is -0.383. The average Bonchev–Trinajstić information content (AvgIpc) is 3.20. The zero-order chi connectivity index (χ0) is 17.4. The number of nitro benzene ring substituents is 1. The van der Waals surface area contributed by atoms with Crippen molar-refractivity contribution in [2.45, 2.75) is 25.7 Å². The number of hydrogen-bond donors (Lipinski definition) is 1. The maximum atomic E-state index is 11.3. The number of nitrogens with one attached hydrogen (secondary N) is 1. The van der Waals surface area contributed by atoms with Crippen LogP contribution in [0.1, 0.15) is 34.4 Å². The third kappa shape index (κ3) is 2.61. The fourth-order valence-electron chi connectivity index (χ4n) is 3.33. The molecular weight excluding hydrogens is 336 g/mol. The molecule has 6 nitrogen and oxygen atoms in total. The first-order valence-electron chi connectivity index (χ1n) is 8.02. The molecule has 7 heteroatoms. The summed E-state index contributed by atoms with van der Waals surface area (Å²) in [5.74, 6) is 0. The minimum atomic E-state index is -0.391. The van der Waals surface area contributed by atoms with Crippen LogP contribution in [0.3, 0.4) is 0 Å². The van der Waals surface area contributed by atoms with E-state index in [1.54, 1.807) is 35.9 Å². The first kappa shape index (κ1) is 15.5. The Morgan fingerprint density at radius 3 is 3.00 bits per heavy atom.